The molecule has 1 aliphatic rings. The molecule has 0 saturated heterocycles. The van der Waals surface area contributed by atoms with Crippen LogP contribution in [0.1, 0.15) is 28.2 Å². The molecule has 4 aromatic rings. The van der Waals surface area contributed by atoms with E-state index in [-0.39, 0.29) is 18.2 Å². The predicted octanol–water partition coefficient (Wildman–Crippen LogP) is 6.43. The van der Waals surface area contributed by atoms with Gasteiger partial charge in [-0.05, 0) is 60.5 Å². The Morgan fingerprint density at radius 1 is 0.925 bits per heavy atom. The molecule has 0 saturated carbocycles. The van der Waals surface area contributed by atoms with Gasteiger partial charge in [-0.2, -0.15) is 5.26 Å². The van der Waals surface area contributed by atoms with Gasteiger partial charge in [-0.15, -0.1) is 0 Å². The van der Waals surface area contributed by atoms with Gasteiger partial charge in [0.25, 0.3) is 0 Å². The molecule has 0 amide bonds. The number of carbonyl (C=O) groups excluding carboxylic acids is 1. The number of nitriles is 1. The molecular formula is C32H25ClN2O5. The summed E-state index contributed by atoms with van der Waals surface area (Å²) in [5.74, 6) is 0.791. The average molecular weight is 553 g/mol. The van der Waals surface area contributed by atoms with Gasteiger partial charge in [0.15, 0.2) is 6.61 Å². The summed E-state index contributed by atoms with van der Waals surface area (Å²) in [5.41, 5.74) is 10.3. The number of nitrogens with two attached hydrogens (primary N) is 1. The van der Waals surface area contributed by atoms with Crippen LogP contribution in [0.2, 0.25) is 5.02 Å². The molecule has 200 valence electrons. The van der Waals surface area contributed by atoms with Gasteiger partial charge in [0.1, 0.15) is 41.2 Å². The Kier molecular flexibility index (Phi) is 7.90. The topological polar surface area (TPSA) is 104 Å². The number of esters is 1. The maximum atomic E-state index is 12.4. The van der Waals surface area contributed by atoms with Crippen LogP contribution in [0.4, 0.5) is 0 Å². The first-order valence-corrected chi connectivity index (χ1v) is 12.9. The standard InChI is InChI=1S/C32H25ClN2O5/c1-20-2-4-21(5-3-20)18-37-24-10-6-22(7-11-24)31-27-15-14-26(16-29(27)40-32(35)28(31)17-34)39-30(36)19-38-25-12-8-23(33)9-13-25/h2-16,31H,18-19,35H2,1H3. The van der Waals surface area contributed by atoms with Gasteiger partial charge in [-0.25, -0.2) is 4.79 Å². The predicted molar refractivity (Wildman–Crippen MR) is 150 cm³/mol. The first-order chi connectivity index (χ1) is 19.4. The molecule has 1 heterocycles. The van der Waals surface area contributed by atoms with E-state index >= 15 is 0 Å². The van der Waals surface area contributed by atoms with Crippen molar-refractivity contribution >= 4 is 17.6 Å². The SMILES string of the molecule is Cc1ccc(COc2ccc(C3C(C#N)=C(N)Oc4cc(OC(=O)COc5ccc(Cl)cc5)ccc43)cc2)cc1. The third kappa shape index (κ3) is 6.20. The van der Waals surface area contributed by atoms with Crippen LogP contribution in [-0.2, 0) is 11.4 Å². The van der Waals surface area contributed by atoms with Crippen molar-refractivity contribution in [2.24, 2.45) is 5.73 Å². The van der Waals surface area contributed by atoms with Crippen LogP contribution in [0, 0.1) is 18.3 Å². The van der Waals surface area contributed by atoms with E-state index < -0.39 is 11.9 Å². The van der Waals surface area contributed by atoms with Gasteiger partial charge in [0.2, 0.25) is 5.88 Å². The fourth-order valence-corrected chi connectivity index (χ4v) is 4.41. The van der Waals surface area contributed by atoms with E-state index in [2.05, 4.69) is 6.07 Å². The molecule has 2 N–H and O–H groups in total. The number of allylic oxidation sites excluding steroid dienone is 1. The molecule has 1 unspecified atom stereocenters. The van der Waals surface area contributed by atoms with E-state index in [0.717, 1.165) is 16.7 Å². The number of halogens is 1. The molecular weight excluding hydrogens is 528 g/mol. The zero-order chi connectivity index (χ0) is 28.1. The third-order valence-corrected chi connectivity index (χ3v) is 6.58. The highest BCUT2D eigenvalue weighted by molar-refractivity contribution is 6.30. The van der Waals surface area contributed by atoms with Crippen molar-refractivity contribution in [3.63, 3.8) is 0 Å². The lowest BCUT2D eigenvalue weighted by Gasteiger charge is -2.26. The lowest BCUT2D eigenvalue weighted by atomic mass is 9.83. The highest BCUT2D eigenvalue weighted by Crippen LogP contribution is 2.43. The maximum absolute atomic E-state index is 12.4. The summed E-state index contributed by atoms with van der Waals surface area (Å²) in [6.07, 6.45) is 0. The molecule has 0 aliphatic carbocycles. The highest BCUT2D eigenvalue weighted by Gasteiger charge is 2.31. The lowest BCUT2D eigenvalue weighted by molar-refractivity contribution is -0.136. The largest absolute Gasteiger partial charge is 0.489 e. The number of carbonyl (C=O) groups is 1. The Bertz CT molecular complexity index is 1590. The fraction of sp³-hybridized carbons (Fsp3) is 0.125. The Morgan fingerprint density at radius 3 is 2.27 bits per heavy atom. The van der Waals surface area contributed by atoms with E-state index in [1.807, 2.05) is 55.5 Å². The van der Waals surface area contributed by atoms with Gasteiger partial charge in [0.05, 0.1) is 5.92 Å². The molecule has 0 bridgehead atoms. The minimum Gasteiger partial charge on any atom is -0.489 e. The van der Waals surface area contributed by atoms with Crippen molar-refractivity contribution in [1.29, 1.82) is 5.26 Å². The second-order valence-corrected chi connectivity index (χ2v) is 9.62. The molecule has 0 radical (unpaired) electrons. The first kappa shape index (κ1) is 26.7. The number of hydrogen-bond donors (Lipinski definition) is 1. The quantitative estimate of drug-likeness (QED) is 0.198. The van der Waals surface area contributed by atoms with Crippen molar-refractivity contribution in [3.8, 4) is 29.1 Å². The van der Waals surface area contributed by atoms with Gasteiger partial charge >= 0.3 is 5.97 Å². The molecule has 0 spiro atoms. The molecule has 40 heavy (non-hydrogen) atoms. The van der Waals surface area contributed by atoms with E-state index in [0.29, 0.717) is 34.5 Å². The van der Waals surface area contributed by atoms with Gasteiger partial charge in [-0.1, -0.05) is 59.6 Å². The van der Waals surface area contributed by atoms with E-state index in [4.69, 9.17) is 36.3 Å². The zero-order valence-electron chi connectivity index (χ0n) is 21.6. The molecule has 1 aliphatic heterocycles. The third-order valence-electron chi connectivity index (χ3n) is 6.33. The smallest absolute Gasteiger partial charge is 0.349 e. The van der Waals surface area contributed by atoms with Crippen LogP contribution in [0.5, 0.6) is 23.0 Å². The van der Waals surface area contributed by atoms with Crippen molar-refractivity contribution < 1.29 is 23.7 Å². The summed E-state index contributed by atoms with van der Waals surface area (Å²) < 4.78 is 22.6. The lowest BCUT2D eigenvalue weighted by Crippen LogP contribution is -2.21. The van der Waals surface area contributed by atoms with Crippen LogP contribution in [0.3, 0.4) is 0 Å². The number of nitrogens with zero attached hydrogens (tertiary/aromatic N) is 1. The van der Waals surface area contributed by atoms with Gasteiger partial charge in [-0.3, -0.25) is 0 Å². The van der Waals surface area contributed by atoms with Gasteiger partial charge in [0, 0.05) is 16.7 Å². The van der Waals surface area contributed by atoms with E-state index in [1.165, 1.54) is 5.56 Å². The summed E-state index contributed by atoms with van der Waals surface area (Å²) in [7, 11) is 0. The number of fused-ring (bicyclic) bond motifs is 1. The highest BCUT2D eigenvalue weighted by atomic mass is 35.5. The molecule has 4 aromatic carbocycles. The van der Waals surface area contributed by atoms with Crippen molar-refractivity contribution in [2.75, 3.05) is 6.61 Å². The minimum atomic E-state index is -0.593. The number of aryl methyl sites for hydroxylation is 1. The Hall–Kier alpha value is -4.93. The maximum Gasteiger partial charge on any atom is 0.349 e. The van der Waals surface area contributed by atoms with Crippen molar-refractivity contribution in [3.05, 3.63) is 130 Å². The van der Waals surface area contributed by atoms with Crippen molar-refractivity contribution in [1.82, 2.24) is 0 Å². The molecule has 7 nitrogen and oxygen atoms in total. The summed E-state index contributed by atoms with van der Waals surface area (Å²) >= 11 is 5.87. The molecule has 5 rings (SSSR count). The minimum absolute atomic E-state index is 0.00533. The molecule has 0 aromatic heterocycles. The molecule has 0 fully saturated rings. The average Bonchev–Trinajstić information content (AvgIpc) is 2.96. The Morgan fingerprint density at radius 2 is 1.57 bits per heavy atom. The normalized spacial score (nSPS) is 14.0. The zero-order valence-corrected chi connectivity index (χ0v) is 22.4. The number of benzene rings is 4. The summed E-state index contributed by atoms with van der Waals surface area (Å²) in [6.45, 7) is 2.20. The summed E-state index contributed by atoms with van der Waals surface area (Å²) in [5, 5.41) is 10.4. The van der Waals surface area contributed by atoms with Gasteiger partial charge < -0.3 is 24.7 Å². The van der Waals surface area contributed by atoms with Crippen LogP contribution >= 0.6 is 11.6 Å². The number of hydrogen-bond acceptors (Lipinski definition) is 7. The second kappa shape index (κ2) is 11.9. The monoisotopic (exact) mass is 552 g/mol. The summed E-state index contributed by atoms with van der Waals surface area (Å²) in [6, 6.07) is 29.5. The van der Waals surface area contributed by atoms with Crippen LogP contribution in [-0.4, -0.2) is 12.6 Å². The fourth-order valence-electron chi connectivity index (χ4n) is 4.28. The number of rotatable bonds is 8. The van der Waals surface area contributed by atoms with Crippen LogP contribution in [0.25, 0.3) is 0 Å². The Balaban J connectivity index is 1.29. The van der Waals surface area contributed by atoms with E-state index in [1.54, 1.807) is 42.5 Å². The molecule has 8 heteroatoms. The Labute approximate surface area is 236 Å². The first-order valence-electron chi connectivity index (χ1n) is 12.5. The molecule has 1 atom stereocenters. The number of ether oxygens (including phenoxy) is 4. The van der Waals surface area contributed by atoms with E-state index in [9.17, 15) is 10.1 Å². The summed E-state index contributed by atoms with van der Waals surface area (Å²) in [4.78, 5) is 12.4. The van der Waals surface area contributed by atoms with Crippen LogP contribution < -0.4 is 24.7 Å². The van der Waals surface area contributed by atoms with Crippen LogP contribution in [0.15, 0.2) is 102 Å². The van der Waals surface area contributed by atoms with Crippen molar-refractivity contribution in [2.45, 2.75) is 19.4 Å². The second-order valence-electron chi connectivity index (χ2n) is 9.18.